The topological polar surface area (TPSA) is 71.8 Å². The van der Waals surface area contributed by atoms with Crippen LogP contribution in [0.15, 0.2) is 73.2 Å². The molecule has 0 radical (unpaired) electrons. The summed E-state index contributed by atoms with van der Waals surface area (Å²) in [5.41, 5.74) is 3.46. The van der Waals surface area contributed by atoms with Crippen LogP contribution < -0.4 is 10.6 Å². The van der Waals surface area contributed by atoms with Gasteiger partial charge >= 0.3 is 0 Å². The van der Waals surface area contributed by atoms with Crippen LogP contribution in [-0.4, -0.2) is 20.7 Å². The molecule has 2 heterocycles. The smallest absolute Gasteiger partial charge is 0.235 e. The highest BCUT2D eigenvalue weighted by Gasteiger charge is 2.39. The predicted molar refractivity (Wildman–Crippen MR) is 101 cm³/mol. The van der Waals surface area contributed by atoms with Gasteiger partial charge in [-0.1, -0.05) is 54.6 Å². The summed E-state index contributed by atoms with van der Waals surface area (Å²) in [6.07, 6.45) is 1.48. The molecule has 0 aliphatic carbocycles. The molecule has 2 unspecified atom stereocenters. The summed E-state index contributed by atoms with van der Waals surface area (Å²) in [6, 6.07) is 17.2. The van der Waals surface area contributed by atoms with Crippen LogP contribution in [-0.2, 0) is 4.79 Å². The molecule has 0 bridgehead atoms. The van der Waals surface area contributed by atoms with Crippen molar-refractivity contribution in [1.29, 1.82) is 0 Å². The van der Waals surface area contributed by atoms with Crippen molar-refractivity contribution < 1.29 is 4.79 Å². The van der Waals surface area contributed by atoms with Crippen molar-refractivity contribution in [2.24, 2.45) is 5.92 Å². The van der Waals surface area contributed by atoms with E-state index in [-0.39, 0.29) is 11.9 Å². The van der Waals surface area contributed by atoms with Crippen LogP contribution in [0.4, 0.5) is 11.6 Å². The van der Waals surface area contributed by atoms with Crippen molar-refractivity contribution in [3.05, 3.63) is 84.3 Å². The molecular formula is C20H19N5O. The lowest BCUT2D eigenvalue weighted by Crippen LogP contribution is -2.39. The lowest BCUT2D eigenvalue weighted by molar-refractivity contribution is -0.119. The Labute approximate surface area is 151 Å². The Hall–Kier alpha value is -3.41. The molecule has 4 rings (SSSR count). The predicted octanol–water partition coefficient (Wildman–Crippen LogP) is 3.37. The van der Waals surface area contributed by atoms with E-state index >= 15 is 0 Å². The third-order valence-electron chi connectivity index (χ3n) is 4.51. The zero-order chi connectivity index (χ0) is 18.1. The van der Waals surface area contributed by atoms with E-state index < -0.39 is 5.92 Å². The second kappa shape index (κ2) is 6.48. The number of fused-ring (bicyclic) bond motifs is 1. The van der Waals surface area contributed by atoms with Gasteiger partial charge < -0.3 is 10.6 Å². The Morgan fingerprint density at radius 2 is 2.00 bits per heavy atom. The highest BCUT2D eigenvalue weighted by atomic mass is 16.2. The van der Waals surface area contributed by atoms with Gasteiger partial charge in [0.25, 0.3) is 0 Å². The molecule has 6 nitrogen and oxygen atoms in total. The SMILES string of the molecule is C=C1Nc2ncnn2C(c2cccc(C)c2)C1C(=O)Nc1ccccc1. The summed E-state index contributed by atoms with van der Waals surface area (Å²) in [7, 11) is 0. The molecule has 1 aromatic heterocycles. The van der Waals surface area contributed by atoms with Gasteiger partial charge in [0.1, 0.15) is 12.2 Å². The van der Waals surface area contributed by atoms with Gasteiger partial charge in [-0.3, -0.25) is 4.79 Å². The van der Waals surface area contributed by atoms with Crippen LogP contribution >= 0.6 is 0 Å². The minimum absolute atomic E-state index is 0.138. The molecule has 2 N–H and O–H groups in total. The van der Waals surface area contributed by atoms with E-state index in [0.717, 1.165) is 16.8 Å². The van der Waals surface area contributed by atoms with E-state index in [1.807, 2.05) is 55.5 Å². The molecule has 0 fully saturated rings. The van der Waals surface area contributed by atoms with Crippen molar-refractivity contribution in [1.82, 2.24) is 14.8 Å². The number of hydrogen-bond acceptors (Lipinski definition) is 4. The molecule has 6 heteroatoms. The summed E-state index contributed by atoms with van der Waals surface area (Å²) in [5, 5.41) is 10.4. The van der Waals surface area contributed by atoms with Gasteiger partial charge in [0, 0.05) is 11.4 Å². The first-order chi connectivity index (χ1) is 12.6. The van der Waals surface area contributed by atoms with Gasteiger partial charge in [0.05, 0.1) is 6.04 Å². The van der Waals surface area contributed by atoms with Gasteiger partial charge in [0.15, 0.2) is 0 Å². The second-order valence-electron chi connectivity index (χ2n) is 6.37. The average Bonchev–Trinajstić information content (AvgIpc) is 3.09. The first-order valence-electron chi connectivity index (χ1n) is 8.41. The zero-order valence-electron chi connectivity index (χ0n) is 14.4. The second-order valence-corrected chi connectivity index (χ2v) is 6.37. The standard InChI is InChI=1S/C20H19N5O/c1-13-7-6-8-15(11-13)18-17(14(2)23-20-21-12-22-25(18)20)19(26)24-16-9-4-3-5-10-16/h3-12,17-18H,2H2,1H3,(H,24,26)(H,21,22,23). The van der Waals surface area contributed by atoms with Crippen LogP contribution in [0.2, 0.25) is 0 Å². The summed E-state index contributed by atoms with van der Waals surface area (Å²) in [6.45, 7) is 6.11. The first kappa shape index (κ1) is 16.1. The summed E-state index contributed by atoms with van der Waals surface area (Å²) >= 11 is 0. The monoisotopic (exact) mass is 345 g/mol. The Balaban J connectivity index is 1.75. The third-order valence-corrected chi connectivity index (χ3v) is 4.51. The van der Waals surface area contributed by atoms with Crippen LogP contribution in [0.5, 0.6) is 0 Å². The summed E-state index contributed by atoms with van der Waals surface area (Å²) in [5.74, 6) is -0.0715. The molecular weight excluding hydrogens is 326 g/mol. The minimum Gasteiger partial charge on any atom is -0.328 e. The number of aromatic nitrogens is 3. The fourth-order valence-corrected chi connectivity index (χ4v) is 3.33. The Morgan fingerprint density at radius 3 is 2.77 bits per heavy atom. The van der Waals surface area contributed by atoms with Crippen molar-refractivity contribution in [2.45, 2.75) is 13.0 Å². The molecule has 0 spiro atoms. The van der Waals surface area contributed by atoms with Crippen molar-refractivity contribution in [2.75, 3.05) is 10.6 Å². The van der Waals surface area contributed by atoms with E-state index in [1.54, 1.807) is 4.68 Å². The fraction of sp³-hybridized carbons (Fsp3) is 0.150. The molecule has 26 heavy (non-hydrogen) atoms. The number of aryl methyl sites for hydroxylation is 1. The average molecular weight is 345 g/mol. The van der Waals surface area contributed by atoms with Crippen LogP contribution in [0, 0.1) is 12.8 Å². The number of rotatable bonds is 3. The van der Waals surface area contributed by atoms with E-state index in [4.69, 9.17) is 0 Å². The van der Waals surface area contributed by atoms with E-state index in [0.29, 0.717) is 11.6 Å². The Morgan fingerprint density at radius 1 is 1.19 bits per heavy atom. The highest BCUT2D eigenvalue weighted by Crippen LogP contribution is 2.37. The maximum atomic E-state index is 13.1. The number of hydrogen-bond donors (Lipinski definition) is 2. The van der Waals surface area contributed by atoms with Gasteiger partial charge in [-0.2, -0.15) is 10.1 Å². The molecule has 0 saturated carbocycles. The van der Waals surface area contributed by atoms with Crippen molar-refractivity contribution >= 4 is 17.5 Å². The molecule has 3 aromatic rings. The number of amides is 1. The molecule has 2 aromatic carbocycles. The summed E-state index contributed by atoms with van der Waals surface area (Å²) in [4.78, 5) is 17.3. The van der Waals surface area contributed by atoms with E-state index in [2.05, 4.69) is 33.4 Å². The van der Waals surface area contributed by atoms with E-state index in [1.165, 1.54) is 6.33 Å². The molecule has 1 aliphatic rings. The van der Waals surface area contributed by atoms with Gasteiger partial charge in [-0.25, -0.2) is 4.68 Å². The van der Waals surface area contributed by atoms with Crippen molar-refractivity contribution in [3.63, 3.8) is 0 Å². The number of carbonyl (C=O) groups excluding carboxylic acids is 1. The number of nitrogens with one attached hydrogen (secondary N) is 2. The number of para-hydroxylation sites is 1. The molecule has 0 saturated heterocycles. The van der Waals surface area contributed by atoms with Gasteiger partial charge in [-0.05, 0) is 24.6 Å². The molecule has 1 amide bonds. The van der Waals surface area contributed by atoms with Gasteiger partial charge in [-0.15, -0.1) is 0 Å². The third kappa shape index (κ3) is 2.86. The number of anilines is 2. The lowest BCUT2D eigenvalue weighted by Gasteiger charge is -2.33. The lowest BCUT2D eigenvalue weighted by atomic mass is 9.88. The Bertz CT molecular complexity index is 963. The minimum atomic E-state index is -0.522. The zero-order valence-corrected chi connectivity index (χ0v) is 14.4. The number of benzene rings is 2. The van der Waals surface area contributed by atoms with Crippen LogP contribution in [0.3, 0.4) is 0 Å². The number of nitrogens with zero attached hydrogens (tertiary/aromatic N) is 3. The molecule has 130 valence electrons. The maximum absolute atomic E-state index is 13.1. The van der Waals surface area contributed by atoms with Crippen LogP contribution in [0.1, 0.15) is 17.2 Å². The highest BCUT2D eigenvalue weighted by molar-refractivity contribution is 5.95. The maximum Gasteiger partial charge on any atom is 0.235 e. The van der Waals surface area contributed by atoms with Gasteiger partial charge in [0.2, 0.25) is 11.9 Å². The molecule has 1 aliphatic heterocycles. The molecule has 2 atom stereocenters. The normalized spacial score (nSPS) is 18.7. The Kier molecular flexibility index (Phi) is 4.01. The van der Waals surface area contributed by atoms with Crippen molar-refractivity contribution in [3.8, 4) is 0 Å². The number of carbonyl (C=O) groups is 1. The first-order valence-corrected chi connectivity index (χ1v) is 8.41. The quantitative estimate of drug-likeness (QED) is 0.763. The van der Waals surface area contributed by atoms with Crippen LogP contribution in [0.25, 0.3) is 0 Å². The largest absolute Gasteiger partial charge is 0.328 e. The fourth-order valence-electron chi connectivity index (χ4n) is 3.33. The summed E-state index contributed by atoms with van der Waals surface area (Å²) < 4.78 is 1.75. The van der Waals surface area contributed by atoms with E-state index in [9.17, 15) is 4.79 Å².